The average Bonchev–Trinajstić information content (AvgIpc) is 2.29. The molecule has 15 heavy (non-hydrogen) atoms. The SMILES string of the molecule is ClCc1cc(Cl)nc(-c2ccccc2)c1. The number of halogens is 2. The summed E-state index contributed by atoms with van der Waals surface area (Å²) in [7, 11) is 0. The van der Waals surface area contributed by atoms with Crippen molar-refractivity contribution < 1.29 is 0 Å². The third-order valence-electron chi connectivity index (χ3n) is 2.08. The van der Waals surface area contributed by atoms with E-state index in [1.807, 2.05) is 36.4 Å². The maximum Gasteiger partial charge on any atom is 0.130 e. The number of aromatic nitrogens is 1. The second-order valence-corrected chi connectivity index (χ2v) is 3.84. The number of benzene rings is 1. The highest BCUT2D eigenvalue weighted by molar-refractivity contribution is 6.29. The second-order valence-electron chi connectivity index (χ2n) is 3.18. The molecule has 1 heterocycles. The third-order valence-corrected chi connectivity index (χ3v) is 2.58. The Balaban J connectivity index is 2.49. The van der Waals surface area contributed by atoms with Crippen LogP contribution in [0, 0.1) is 0 Å². The van der Waals surface area contributed by atoms with Crippen LogP contribution in [0.5, 0.6) is 0 Å². The Morgan fingerprint density at radius 3 is 2.47 bits per heavy atom. The van der Waals surface area contributed by atoms with Gasteiger partial charge >= 0.3 is 0 Å². The van der Waals surface area contributed by atoms with Gasteiger partial charge in [-0.1, -0.05) is 41.9 Å². The Labute approximate surface area is 98.7 Å². The average molecular weight is 238 g/mol. The van der Waals surface area contributed by atoms with Crippen LogP contribution < -0.4 is 0 Å². The summed E-state index contributed by atoms with van der Waals surface area (Å²) in [6, 6.07) is 13.6. The Bertz CT molecular complexity index is 454. The van der Waals surface area contributed by atoms with Crippen molar-refractivity contribution in [3.8, 4) is 11.3 Å². The fourth-order valence-corrected chi connectivity index (χ4v) is 1.77. The largest absolute Gasteiger partial charge is 0.236 e. The van der Waals surface area contributed by atoms with Gasteiger partial charge in [-0.05, 0) is 17.7 Å². The lowest BCUT2D eigenvalue weighted by Gasteiger charge is -2.03. The van der Waals surface area contributed by atoms with Crippen molar-refractivity contribution in [2.75, 3.05) is 0 Å². The Morgan fingerprint density at radius 1 is 1.07 bits per heavy atom. The molecule has 1 aromatic heterocycles. The number of nitrogens with zero attached hydrogens (tertiary/aromatic N) is 1. The molecule has 0 aliphatic rings. The number of pyridine rings is 1. The van der Waals surface area contributed by atoms with Crippen molar-refractivity contribution in [2.24, 2.45) is 0 Å². The second kappa shape index (κ2) is 4.65. The van der Waals surface area contributed by atoms with E-state index < -0.39 is 0 Å². The molecule has 0 fully saturated rings. The molecule has 0 atom stereocenters. The maximum atomic E-state index is 5.91. The van der Waals surface area contributed by atoms with Gasteiger partial charge in [0.1, 0.15) is 5.15 Å². The van der Waals surface area contributed by atoms with Crippen LogP contribution in [0.1, 0.15) is 5.56 Å². The molecule has 0 aliphatic heterocycles. The number of hydrogen-bond acceptors (Lipinski definition) is 1. The van der Waals surface area contributed by atoms with Gasteiger partial charge in [0.15, 0.2) is 0 Å². The van der Waals surface area contributed by atoms with Crippen LogP contribution >= 0.6 is 23.2 Å². The fraction of sp³-hybridized carbons (Fsp3) is 0.0833. The summed E-state index contributed by atoms with van der Waals surface area (Å²) in [5, 5.41) is 0.479. The van der Waals surface area contributed by atoms with Crippen LogP contribution in [0.2, 0.25) is 5.15 Å². The van der Waals surface area contributed by atoms with Crippen LogP contribution in [0.25, 0.3) is 11.3 Å². The number of alkyl halides is 1. The molecule has 0 N–H and O–H groups in total. The van der Waals surface area contributed by atoms with E-state index in [1.54, 1.807) is 6.07 Å². The third kappa shape index (κ3) is 2.49. The molecule has 2 rings (SSSR count). The normalized spacial score (nSPS) is 10.3. The lowest BCUT2D eigenvalue weighted by Crippen LogP contribution is -1.87. The highest BCUT2D eigenvalue weighted by atomic mass is 35.5. The molecule has 0 amide bonds. The van der Waals surface area contributed by atoms with E-state index in [-0.39, 0.29) is 0 Å². The molecular formula is C12H9Cl2N. The summed E-state index contributed by atoms with van der Waals surface area (Å²) in [5.74, 6) is 0.447. The summed E-state index contributed by atoms with van der Waals surface area (Å²) < 4.78 is 0. The molecule has 0 saturated heterocycles. The Hall–Kier alpha value is -1.05. The van der Waals surface area contributed by atoms with Gasteiger partial charge in [0, 0.05) is 11.4 Å². The summed E-state index contributed by atoms with van der Waals surface area (Å²) in [4.78, 5) is 4.26. The van der Waals surface area contributed by atoms with Gasteiger partial charge in [-0.25, -0.2) is 4.98 Å². The van der Waals surface area contributed by atoms with E-state index in [2.05, 4.69) is 4.98 Å². The van der Waals surface area contributed by atoms with Crippen LogP contribution in [-0.2, 0) is 5.88 Å². The molecule has 0 aliphatic carbocycles. The van der Waals surface area contributed by atoms with E-state index in [0.29, 0.717) is 11.0 Å². The van der Waals surface area contributed by atoms with Crippen LogP contribution in [0.4, 0.5) is 0 Å². The molecule has 0 saturated carbocycles. The molecule has 2 aromatic rings. The monoisotopic (exact) mass is 237 g/mol. The molecule has 76 valence electrons. The van der Waals surface area contributed by atoms with Crippen LogP contribution in [-0.4, -0.2) is 4.98 Å². The smallest absolute Gasteiger partial charge is 0.130 e. The quantitative estimate of drug-likeness (QED) is 0.566. The van der Waals surface area contributed by atoms with Crippen LogP contribution in [0.15, 0.2) is 42.5 Å². The van der Waals surface area contributed by atoms with E-state index in [9.17, 15) is 0 Å². The Morgan fingerprint density at radius 2 is 1.80 bits per heavy atom. The summed E-state index contributed by atoms with van der Waals surface area (Å²) in [6.45, 7) is 0. The van der Waals surface area contributed by atoms with Gasteiger partial charge in [0.2, 0.25) is 0 Å². The van der Waals surface area contributed by atoms with Crippen molar-refractivity contribution in [3.63, 3.8) is 0 Å². The summed E-state index contributed by atoms with van der Waals surface area (Å²) in [5.41, 5.74) is 2.89. The van der Waals surface area contributed by atoms with Crippen LogP contribution in [0.3, 0.4) is 0 Å². The zero-order chi connectivity index (χ0) is 10.7. The fourth-order valence-electron chi connectivity index (χ4n) is 1.38. The van der Waals surface area contributed by atoms with Gasteiger partial charge < -0.3 is 0 Å². The zero-order valence-corrected chi connectivity index (χ0v) is 9.46. The standard InChI is InChI=1S/C12H9Cl2N/c13-8-9-6-11(15-12(14)7-9)10-4-2-1-3-5-10/h1-7H,8H2. The van der Waals surface area contributed by atoms with Gasteiger partial charge in [0.25, 0.3) is 0 Å². The van der Waals surface area contributed by atoms with Gasteiger partial charge in [-0.2, -0.15) is 0 Å². The van der Waals surface area contributed by atoms with E-state index in [0.717, 1.165) is 16.8 Å². The first kappa shape index (κ1) is 10.5. The molecule has 1 aromatic carbocycles. The minimum absolute atomic E-state index is 0.447. The Kier molecular flexibility index (Phi) is 3.24. The van der Waals surface area contributed by atoms with Crippen molar-refractivity contribution in [2.45, 2.75) is 5.88 Å². The van der Waals surface area contributed by atoms with Crippen molar-refractivity contribution in [1.82, 2.24) is 4.98 Å². The molecule has 1 nitrogen and oxygen atoms in total. The van der Waals surface area contributed by atoms with E-state index in [4.69, 9.17) is 23.2 Å². The predicted octanol–water partition coefficient (Wildman–Crippen LogP) is 4.14. The zero-order valence-electron chi connectivity index (χ0n) is 7.95. The van der Waals surface area contributed by atoms with Crippen molar-refractivity contribution >= 4 is 23.2 Å². The van der Waals surface area contributed by atoms with Gasteiger partial charge in [0.05, 0.1) is 5.69 Å². The van der Waals surface area contributed by atoms with E-state index in [1.165, 1.54) is 0 Å². The topological polar surface area (TPSA) is 12.9 Å². The van der Waals surface area contributed by atoms with E-state index >= 15 is 0 Å². The lowest BCUT2D eigenvalue weighted by atomic mass is 10.1. The van der Waals surface area contributed by atoms with Crippen molar-refractivity contribution in [1.29, 1.82) is 0 Å². The molecule has 3 heteroatoms. The molecule has 0 spiro atoms. The van der Waals surface area contributed by atoms with Gasteiger partial charge in [-0.15, -0.1) is 11.6 Å². The number of hydrogen-bond donors (Lipinski definition) is 0. The van der Waals surface area contributed by atoms with Crippen molar-refractivity contribution in [3.05, 3.63) is 53.2 Å². The summed E-state index contributed by atoms with van der Waals surface area (Å²) in [6.07, 6.45) is 0. The maximum absolute atomic E-state index is 5.91. The highest BCUT2D eigenvalue weighted by Gasteiger charge is 2.02. The molecular weight excluding hydrogens is 229 g/mol. The predicted molar refractivity (Wildman–Crippen MR) is 64.2 cm³/mol. The first-order valence-corrected chi connectivity index (χ1v) is 5.48. The lowest BCUT2D eigenvalue weighted by molar-refractivity contribution is 1.27. The first-order valence-electron chi connectivity index (χ1n) is 4.57. The highest BCUT2D eigenvalue weighted by Crippen LogP contribution is 2.21. The minimum Gasteiger partial charge on any atom is -0.236 e. The van der Waals surface area contributed by atoms with Gasteiger partial charge in [-0.3, -0.25) is 0 Å². The molecule has 0 radical (unpaired) electrons. The molecule has 0 unspecified atom stereocenters. The summed E-state index contributed by atoms with van der Waals surface area (Å²) >= 11 is 11.7. The molecule has 0 bridgehead atoms. The first-order chi connectivity index (χ1) is 7.29. The number of rotatable bonds is 2. The minimum atomic E-state index is 0.447.